The molecule has 1 aliphatic carbocycles. The lowest BCUT2D eigenvalue weighted by Crippen LogP contribution is -2.35. The molecule has 1 saturated carbocycles. The second kappa shape index (κ2) is 10.7. The molecule has 2 aliphatic heterocycles. The number of nitrogens with zero attached hydrogens (tertiary/aromatic N) is 3. The first kappa shape index (κ1) is 24.3. The van der Waals surface area contributed by atoms with E-state index in [1.54, 1.807) is 18.3 Å². The van der Waals surface area contributed by atoms with E-state index < -0.39 is 15.7 Å². The Morgan fingerprint density at radius 3 is 2.60 bits per heavy atom. The monoisotopic (exact) mass is 520 g/mol. The van der Waals surface area contributed by atoms with E-state index in [-0.39, 0.29) is 22.0 Å². The largest absolute Gasteiger partial charge is 0.389 e. The van der Waals surface area contributed by atoms with E-state index in [2.05, 4.69) is 20.4 Å². The molecule has 3 fully saturated rings. The van der Waals surface area contributed by atoms with Crippen molar-refractivity contribution in [2.45, 2.75) is 42.1 Å². The van der Waals surface area contributed by atoms with E-state index in [0.717, 1.165) is 37.7 Å². The van der Waals surface area contributed by atoms with Crippen LogP contribution in [0.2, 0.25) is 0 Å². The van der Waals surface area contributed by atoms with Gasteiger partial charge in [0.1, 0.15) is 0 Å². The molecule has 12 heteroatoms. The van der Waals surface area contributed by atoms with E-state index in [9.17, 15) is 13.2 Å². The summed E-state index contributed by atoms with van der Waals surface area (Å²) in [5, 5.41) is 7.12. The molecule has 2 aromatic rings. The van der Waals surface area contributed by atoms with Crippen molar-refractivity contribution in [3.63, 3.8) is 0 Å². The van der Waals surface area contributed by atoms with Crippen LogP contribution < -0.4 is 5.32 Å². The molecular formula is C23H28N4O6S2. The number of oxime groups is 1. The van der Waals surface area contributed by atoms with Crippen molar-refractivity contribution in [3.8, 4) is 0 Å². The minimum Gasteiger partial charge on any atom is -0.389 e. The molecule has 0 radical (unpaired) electrons. The van der Waals surface area contributed by atoms with Crippen LogP contribution in [0.15, 0.2) is 40.5 Å². The standard InChI is InChI=1S/C23H28N4O6S2/c28-22(25-23-24-13-18(34-23)14-27-8-11-31-12-9-27)21(26-33-17-7-10-32-15-17)16-1-3-19(4-2-16)35(29,30)20-5-6-20/h1-4,13,17,20H,5-12,14-15H2,(H,24,25,28)/b26-21+/t17-/m1/s1. The normalized spacial score (nSPS) is 21.7. The Kier molecular flexibility index (Phi) is 7.44. The predicted molar refractivity (Wildman–Crippen MR) is 130 cm³/mol. The SMILES string of the molecule is O=C(Nc1ncc(CN2CCOCC2)s1)/C(=N/O[C@@H]1CCOC1)c1ccc(S(=O)(=O)C2CC2)cc1. The fourth-order valence-corrected chi connectivity index (χ4v) is 6.40. The molecule has 1 N–H and O–H groups in total. The van der Waals surface area contributed by atoms with Gasteiger partial charge in [-0.25, -0.2) is 13.4 Å². The van der Waals surface area contributed by atoms with Crippen LogP contribution in [0.5, 0.6) is 0 Å². The lowest BCUT2D eigenvalue weighted by molar-refractivity contribution is -0.110. The molecule has 188 valence electrons. The molecule has 0 spiro atoms. The maximum Gasteiger partial charge on any atom is 0.280 e. The summed E-state index contributed by atoms with van der Waals surface area (Å²) < 4.78 is 35.8. The lowest BCUT2D eigenvalue weighted by Gasteiger charge is -2.25. The molecule has 1 amide bonds. The van der Waals surface area contributed by atoms with Crippen LogP contribution in [0.3, 0.4) is 0 Å². The third-order valence-corrected chi connectivity index (χ3v) is 9.25. The van der Waals surface area contributed by atoms with Gasteiger partial charge in [0.2, 0.25) is 0 Å². The summed E-state index contributed by atoms with van der Waals surface area (Å²) in [6, 6.07) is 6.23. The first-order valence-corrected chi connectivity index (χ1v) is 14.1. The average molecular weight is 521 g/mol. The van der Waals surface area contributed by atoms with E-state index in [0.29, 0.717) is 43.2 Å². The van der Waals surface area contributed by atoms with Gasteiger partial charge in [-0.3, -0.25) is 15.0 Å². The third-order valence-electron chi connectivity index (χ3n) is 6.07. The van der Waals surface area contributed by atoms with Crippen molar-refractivity contribution >= 4 is 37.9 Å². The Morgan fingerprint density at radius 2 is 1.91 bits per heavy atom. The quantitative estimate of drug-likeness (QED) is 0.394. The van der Waals surface area contributed by atoms with Crippen LogP contribution in [0.1, 0.15) is 29.7 Å². The number of hydrogen-bond donors (Lipinski definition) is 1. The zero-order valence-electron chi connectivity index (χ0n) is 19.2. The number of rotatable bonds is 9. The van der Waals surface area contributed by atoms with Gasteiger partial charge < -0.3 is 14.3 Å². The minimum atomic E-state index is -3.32. The highest BCUT2D eigenvalue weighted by molar-refractivity contribution is 7.92. The Balaban J connectivity index is 1.31. The summed E-state index contributed by atoms with van der Waals surface area (Å²) in [6.07, 6.45) is 3.60. The highest BCUT2D eigenvalue weighted by Gasteiger charge is 2.36. The number of benzene rings is 1. The molecule has 3 heterocycles. The highest BCUT2D eigenvalue weighted by Crippen LogP contribution is 2.33. The number of carbonyl (C=O) groups excluding carboxylic acids is 1. The first-order valence-electron chi connectivity index (χ1n) is 11.7. The Morgan fingerprint density at radius 1 is 1.14 bits per heavy atom. The second-order valence-electron chi connectivity index (χ2n) is 8.77. The van der Waals surface area contributed by atoms with Crippen molar-refractivity contribution in [1.29, 1.82) is 0 Å². The third kappa shape index (κ3) is 6.07. The molecule has 0 bridgehead atoms. The predicted octanol–water partition coefficient (Wildman–Crippen LogP) is 2.06. The van der Waals surface area contributed by atoms with E-state index >= 15 is 0 Å². The van der Waals surface area contributed by atoms with Crippen molar-refractivity contribution in [2.24, 2.45) is 5.16 Å². The summed E-state index contributed by atoms with van der Waals surface area (Å²) >= 11 is 1.41. The zero-order valence-corrected chi connectivity index (χ0v) is 20.9. The number of thiazole rings is 1. The maximum absolute atomic E-state index is 13.2. The smallest absolute Gasteiger partial charge is 0.280 e. The lowest BCUT2D eigenvalue weighted by atomic mass is 10.1. The zero-order chi connectivity index (χ0) is 24.3. The van der Waals surface area contributed by atoms with E-state index in [4.69, 9.17) is 14.3 Å². The Hall–Kier alpha value is -2.38. The van der Waals surface area contributed by atoms with Crippen LogP contribution in [0.25, 0.3) is 0 Å². The van der Waals surface area contributed by atoms with Gasteiger partial charge in [-0.15, -0.1) is 11.3 Å². The van der Waals surface area contributed by atoms with Crippen LogP contribution >= 0.6 is 11.3 Å². The number of sulfone groups is 1. The topological polar surface area (TPSA) is 119 Å². The van der Waals surface area contributed by atoms with Gasteiger partial charge in [0.15, 0.2) is 26.8 Å². The van der Waals surface area contributed by atoms with Crippen LogP contribution in [-0.4, -0.2) is 80.8 Å². The number of carbonyl (C=O) groups is 1. The molecule has 1 aromatic carbocycles. The number of nitrogens with one attached hydrogen (secondary N) is 1. The van der Waals surface area contributed by atoms with Crippen LogP contribution in [0, 0.1) is 0 Å². The molecule has 35 heavy (non-hydrogen) atoms. The van der Waals surface area contributed by atoms with Crippen molar-refractivity contribution in [2.75, 3.05) is 44.8 Å². The van der Waals surface area contributed by atoms with Crippen molar-refractivity contribution < 1.29 is 27.5 Å². The molecule has 1 atom stereocenters. The van der Waals surface area contributed by atoms with Crippen LogP contribution in [0.4, 0.5) is 5.13 Å². The van der Waals surface area contributed by atoms with Gasteiger partial charge in [-0.2, -0.15) is 0 Å². The molecule has 3 aliphatic rings. The summed E-state index contributed by atoms with van der Waals surface area (Å²) in [6.45, 7) is 4.91. The summed E-state index contributed by atoms with van der Waals surface area (Å²) in [7, 11) is -3.32. The summed E-state index contributed by atoms with van der Waals surface area (Å²) in [5.41, 5.74) is 0.512. The van der Waals surface area contributed by atoms with Crippen molar-refractivity contribution in [3.05, 3.63) is 40.9 Å². The fraction of sp³-hybridized carbons (Fsp3) is 0.522. The number of hydrogen-bond acceptors (Lipinski definition) is 10. The van der Waals surface area contributed by atoms with Gasteiger partial charge in [0, 0.05) is 42.7 Å². The van der Waals surface area contributed by atoms with Gasteiger partial charge in [-0.05, 0) is 25.0 Å². The molecule has 0 unspecified atom stereocenters. The number of anilines is 1. The number of aromatic nitrogens is 1. The number of amides is 1. The van der Waals surface area contributed by atoms with Crippen molar-refractivity contribution in [1.82, 2.24) is 9.88 Å². The first-order chi connectivity index (χ1) is 17.0. The van der Waals surface area contributed by atoms with Gasteiger partial charge >= 0.3 is 0 Å². The average Bonchev–Trinajstić information content (AvgIpc) is 3.45. The molecule has 1 aromatic heterocycles. The van der Waals surface area contributed by atoms with Gasteiger partial charge in [0.25, 0.3) is 5.91 Å². The highest BCUT2D eigenvalue weighted by atomic mass is 32.2. The molecular weight excluding hydrogens is 492 g/mol. The molecule has 10 nitrogen and oxygen atoms in total. The van der Waals surface area contributed by atoms with E-state index in [1.165, 1.54) is 23.5 Å². The Labute approximate surface area is 208 Å². The van der Waals surface area contributed by atoms with E-state index in [1.807, 2.05) is 0 Å². The molecule has 2 saturated heterocycles. The minimum absolute atomic E-state index is 0.0530. The molecule has 5 rings (SSSR count). The summed E-state index contributed by atoms with van der Waals surface area (Å²) in [5.74, 6) is -0.478. The second-order valence-corrected chi connectivity index (χ2v) is 12.1. The van der Waals surface area contributed by atoms with Gasteiger partial charge in [0.05, 0.1) is 36.6 Å². The summed E-state index contributed by atoms with van der Waals surface area (Å²) in [4.78, 5) is 26.7. The van der Waals surface area contributed by atoms with Gasteiger partial charge in [-0.1, -0.05) is 17.3 Å². The Bertz CT molecular complexity index is 1160. The number of ether oxygens (including phenoxy) is 2. The van der Waals surface area contributed by atoms with Crippen LogP contribution in [-0.2, 0) is 35.5 Å². The number of morpholine rings is 1. The maximum atomic E-state index is 13.2. The fourth-order valence-electron chi connectivity index (χ4n) is 3.90.